The second-order valence-corrected chi connectivity index (χ2v) is 8.73. The van der Waals surface area contributed by atoms with Crippen LogP contribution in [0.4, 0.5) is 5.69 Å². The number of anilines is 1. The molecule has 0 fully saturated rings. The van der Waals surface area contributed by atoms with Crippen molar-refractivity contribution in [1.82, 2.24) is 4.31 Å². The van der Waals surface area contributed by atoms with Gasteiger partial charge in [0, 0.05) is 19.8 Å². The molecule has 6 heteroatoms. The van der Waals surface area contributed by atoms with E-state index in [-0.39, 0.29) is 22.6 Å². The average Bonchev–Trinajstić information content (AvgIpc) is 2.62. The lowest BCUT2D eigenvalue weighted by atomic mass is 9.85. The molecular weight excluding hydrogens is 348 g/mol. The van der Waals surface area contributed by atoms with Crippen LogP contribution in [0.2, 0.25) is 0 Å². The molecule has 0 saturated carbocycles. The normalized spacial score (nSPS) is 14.0. The summed E-state index contributed by atoms with van der Waals surface area (Å²) in [7, 11) is -0.584. The monoisotopic (exact) mass is 374 g/mol. The summed E-state index contributed by atoms with van der Waals surface area (Å²) < 4.78 is 25.7. The average molecular weight is 375 g/mol. The molecule has 0 heterocycles. The zero-order valence-electron chi connectivity index (χ0n) is 15.6. The van der Waals surface area contributed by atoms with Gasteiger partial charge in [0.05, 0.1) is 10.8 Å². The largest absolute Gasteiger partial charge is 0.326 e. The predicted molar refractivity (Wildman–Crippen MR) is 105 cm³/mol. The predicted octanol–water partition coefficient (Wildman–Crippen LogP) is 3.71. The van der Waals surface area contributed by atoms with Crippen LogP contribution in [-0.4, -0.2) is 32.7 Å². The highest BCUT2D eigenvalue weighted by Crippen LogP contribution is 2.29. The summed E-state index contributed by atoms with van der Waals surface area (Å²) in [6.45, 7) is 4.10. The van der Waals surface area contributed by atoms with Crippen molar-refractivity contribution in [3.8, 4) is 0 Å². The molecule has 0 aliphatic carbocycles. The zero-order chi connectivity index (χ0) is 19.3. The minimum atomic E-state index is -3.55. The fourth-order valence-electron chi connectivity index (χ4n) is 2.80. The summed E-state index contributed by atoms with van der Waals surface area (Å²) in [5.74, 6) is -0.272. The first-order valence-corrected chi connectivity index (χ1v) is 10.1. The molecule has 0 aliphatic heterocycles. The first-order valence-electron chi connectivity index (χ1n) is 8.65. The fraction of sp³-hybridized carbons (Fsp3) is 0.350. The molecule has 1 N–H and O–H groups in total. The quantitative estimate of drug-likeness (QED) is 0.803. The molecular formula is C20H26N2O3S. The molecule has 2 aromatic rings. The number of benzene rings is 2. The van der Waals surface area contributed by atoms with E-state index in [2.05, 4.69) is 12.2 Å². The molecule has 1 amide bonds. The van der Waals surface area contributed by atoms with Gasteiger partial charge in [0.1, 0.15) is 0 Å². The third kappa shape index (κ3) is 4.51. The van der Waals surface area contributed by atoms with E-state index in [1.807, 2.05) is 37.3 Å². The van der Waals surface area contributed by atoms with E-state index in [0.717, 1.165) is 16.3 Å². The van der Waals surface area contributed by atoms with Crippen molar-refractivity contribution in [3.63, 3.8) is 0 Å². The Hall–Kier alpha value is -2.18. The summed E-state index contributed by atoms with van der Waals surface area (Å²) in [6.07, 6.45) is 0.863. The Balaban J connectivity index is 2.30. The number of sulfonamides is 1. The van der Waals surface area contributed by atoms with Gasteiger partial charge in [0.25, 0.3) is 0 Å². The summed E-state index contributed by atoms with van der Waals surface area (Å²) >= 11 is 0. The van der Waals surface area contributed by atoms with Crippen molar-refractivity contribution in [2.75, 3.05) is 19.4 Å². The second-order valence-electron chi connectivity index (χ2n) is 6.58. The van der Waals surface area contributed by atoms with Crippen molar-refractivity contribution in [1.29, 1.82) is 0 Å². The van der Waals surface area contributed by atoms with Gasteiger partial charge in [-0.25, -0.2) is 12.7 Å². The van der Waals surface area contributed by atoms with Crippen LogP contribution in [0.25, 0.3) is 0 Å². The van der Waals surface area contributed by atoms with Crippen LogP contribution in [0.3, 0.4) is 0 Å². The number of carbonyl (C=O) groups is 1. The molecule has 2 rings (SSSR count). The first-order chi connectivity index (χ1) is 12.3. The summed E-state index contributed by atoms with van der Waals surface area (Å²) in [5, 5.41) is 2.89. The zero-order valence-corrected chi connectivity index (χ0v) is 16.5. The maximum Gasteiger partial charge on any atom is 0.242 e. The molecule has 0 radical (unpaired) electrons. The van der Waals surface area contributed by atoms with Crippen molar-refractivity contribution >= 4 is 21.6 Å². The molecule has 0 aliphatic rings. The van der Waals surface area contributed by atoms with E-state index in [9.17, 15) is 13.2 Å². The number of rotatable bonds is 7. The van der Waals surface area contributed by atoms with Gasteiger partial charge in [-0.05, 0) is 29.7 Å². The summed E-state index contributed by atoms with van der Waals surface area (Å²) in [6, 6.07) is 16.0. The smallest absolute Gasteiger partial charge is 0.242 e. The van der Waals surface area contributed by atoms with E-state index in [0.29, 0.717) is 5.69 Å². The van der Waals surface area contributed by atoms with Gasteiger partial charge in [0.2, 0.25) is 15.9 Å². The van der Waals surface area contributed by atoms with Gasteiger partial charge < -0.3 is 5.32 Å². The number of amides is 1. The molecule has 0 saturated heterocycles. The van der Waals surface area contributed by atoms with E-state index in [1.165, 1.54) is 26.2 Å². The van der Waals surface area contributed by atoms with E-state index < -0.39 is 10.0 Å². The topological polar surface area (TPSA) is 66.5 Å². The Kier molecular flexibility index (Phi) is 6.56. The van der Waals surface area contributed by atoms with Crippen LogP contribution >= 0.6 is 0 Å². The van der Waals surface area contributed by atoms with Gasteiger partial charge in [-0.15, -0.1) is 0 Å². The molecule has 0 spiro atoms. The van der Waals surface area contributed by atoms with Crippen LogP contribution in [-0.2, 0) is 14.8 Å². The third-order valence-electron chi connectivity index (χ3n) is 4.53. The third-order valence-corrected chi connectivity index (χ3v) is 6.35. The van der Waals surface area contributed by atoms with E-state index in [1.54, 1.807) is 12.1 Å². The molecule has 0 bridgehead atoms. The summed E-state index contributed by atoms with van der Waals surface area (Å²) in [4.78, 5) is 13.1. The Morgan fingerprint density at radius 2 is 1.73 bits per heavy atom. The molecule has 0 unspecified atom stereocenters. The molecule has 5 nitrogen and oxygen atoms in total. The Morgan fingerprint density at radius 3 is 2.31 bits per heavy atom. The first kappa shape index (κ1) is 20.1. The molecule has 140 valence electrons. The van der Waals surface area contributed by atoms with Crippen molar-refractivity contribution in [2.45, 2.75) is 31.1 Å². The lowest BCUT2D eigenvalue weighted by Crippen LogP contribution is -2.26. The number of hydrogen-bond donors (Lipinski definition) is 1. The number of nitrogens with zero attached hydrogens (tertiary/aromatic N) is 1. The Labute approximate surface area is 156 Å². The summed E-state index contributed by atoms with van der Waals surface area (Å²) in [5.41, 5.74) is 1.43. The number of hydrogen-bond acceptors (Lipinski definition) is 3. The Bertz CT molecular complexity index is 848. The van der Waals surface area contributed by atoms with Gasteiger partial charge >= 0.3 is 0 Å². The fourth-order valence-corrected chi connectivity index (χ4v) is 3.75. The lowest BCUT2D eigenvalue weighted by Gasteiger charge is -2.23. The van der Waals surface area contributed by atoms with E-state index >= 15 is 0 Å². The maximum absolute atomic E-state index is 12.9. The standard InChI is InChI=1S/C20H26N2O3S/c1-5-15(2)19(16-10-7-6-8-11-16)20(23)21-17-12-9-13-18(14-17)26(24,25)22(3)4/h6-15,19H,5H2,1-4H3,(H,21,23)/t15-,19-/m1/s1. The molecule has 2 atom stereocenters. The van der Waals surface area contributed by atoms with Gasteiger partial charge in [-0.2, -0.15) is 0 Å². The van der Waals surface area contributed by atoms with Crippen molar-refractivity contribution < 1.29 is 13.2 Å². The number of nitrogens with one attached hydrogen (secondary N) is 1. The van der Waals surface area contributed by atoms with Crippen LogP contribution < -0.4 is 5.32 Å². The maximum atomic E-state index is 12.9. The molecule has 0 aromatic heterocycles. The van der Waals surface area contributed by atoms with Crippen LogP contribution in [0.1, 0.15) is 31.7 Å². The Morgan fingerprint density at radius 1 is 1.08 bits per heavy atom. The van der Waals surface area contributed by atoms with Crippen molar-refractivity contribution in [2.24, 2.45) is 5.92 Å². The highest BCUT2D eigenvalue weighted by molar-refractivity contribution is 7.89. The lowest BCUT2D eigenvalue weighted by molar-refractivity contribution is -0.118. The second kappa shape index (κ2) is 8.47. The van der Waals surface area contributed by atoms with Gasteiger partial charge in [-0.1, -0.05) is 56.7 Å². The minimum Gasteiger partial charge on any atom is -0.326 e. The van der Waals surface area contributed by atoms with Gasteiger partial charge in [-0.3, -0.25) is 4.79 Å². The van der Waals surface area contributed by atoms with E-state index in [4.69, 9.17) is 0 Å². The van der Waals surface area contributed by atoms with Crippen LogP contribution in [0.15, 0.2) is 59.5 Å². The number of carbonyl (C=O) groups excluding carboxylic acids is 1. The minimum absolute atomic E-state index is 0.134. The highest BCUT2D eigenvalue weighted by Gasteiger charge is 2.26. The van der Waals surface area contributed by atoms with Crippen LogP contribution in [0.5, 0.6) is 0 Å². The molecule has 26 heavy (non-hydrogen) atoms. The molecule has 2 aromatic carbocycles. The van der Waals surface area contributed by atoms with Gasteiger partial charge in [0.15, 0.2) is 0 Å². The highest BCUT2D eigenvalue weighted by atomic mass is 32.2. The van der Waals surface area contributed by atoms with Crippen LogP contribution in [0, 0.1) is 5.92 Å². The van der Waals surface area contributed by atoms with Crippen molar-refractivity contribution in [3.05, 3.63) is 60.2 Å². The SMILES string of the molecule is CC[C@@H](C)[C@@H](C(=O)Nc1cccc(S(=O)(=O)N(C)C)c1)c1ccccc1.